The van der Waals surface area contributed by atoms with E-state index >= 15 is 0 Å². The Bertz CT molecular complexity index is 738. The zero-order valence-electron chi connectivity index (χ0n) is 15.0. The molecule has 136 valence electrons. The number of carbonyl (C=O) groups excluding carboxylic acids is 2. The number of benzene rings is 2. The zero-order chi connectivity index (χ0) is 18.4. The first-order chi connectivity index (χ1) is 12.7. The van der Waals surface area contributed by atoms with Gasteiger partial charge in [-0.25, -0.2) is 4.79 Å². The number of amides is 1. The van der Waals surface area contributed by atoms with E-state index in [2.05, 4.69) is 27.1 Å². The Hall–Kier alpha value is -2.66. The van der Waals surface area contributed by atoms with E-state index < -0.39 is 5.97 Å². The Morgan fingerprint density at radius 2 is 1.62 bits per heavy atom. The summed E-state index contributed by atoms with van der Waals surface area (Å²) in [6.07, 6.45) is 2.40. The highest BCUT2D eigenvalue weighted by molar-refractivity contribution is 5.96. The van der Waals surface area contributed by atoms with Crippen LogP contribution >= 0.6 is 0 Å². The number of ether oxygens (including phenoxy) is 1. The first kappa shape index (κ1) is 18.1. The van der Waals surface area contributed by atoms with E-state index in [4.69, 9.17) is 0 Å². The van der Waals surface area contributed by atoms with E-state index in [-0.39, 0.29) is 11.9 Å². The molecular weight excluding hydrogens is 328 g/mol. The maximum absolute atomic E-state index is 12.5. The number of likely N-dealkylation sites (tertiary alicyclic amines) is 1. The lowest BCUT2D eigenvalue weighted by atomic mass is 10.1. The fraction of sp³-hybridized carbons (Fsp3) is 0.333. The van der Waals surface area contributed by atoms with Gasteiger partial charge in [-0.2, -0.15) is 0 Å². The van der Waals surface area contributed by atoms with E-state index in [1.54, 1.807) is 24.3 Å². The standard InChI is InChI=1S/C21H24N2O3/c1-26-21(25)18-11-9-17(10-12-18)20(24)22-15-19(23-13-5-6-14-23)16-7-3-2-4-8-16/h2-4,7-12,19H,5-6,13-15H2,1H3,(H,22,24). The van der Waals surface area contributed by atoms with E-state index in [1.807, 2.05) is 18.2 Å². The summed E-state index contributed by atoms with van der Waals surface area (Å²) in [5.41, 5.74) is 2.19. The van der Waals surface area contributed by atoms with Gasteiger partial charge in [-0.15, -0.1) is 0 Å². The summed E-state index contributed by atoms with van der Waals surface area (Å²) < 4.78 is 4.68. The Morgan fingerprint density at radius 1 is 1.00 bits per heavy atom. The summed E-state index contributed by atoms with van der Waals surface area (Å²) in [6.45, 7) is 2.67. The minimum Gasteiger partial charge on any atom is -0.465 e. The van der Waals surface area contributed by atoms with E-state index in [9.17, 15) is 9.59 Å². The van der Waals surface area contributed by atoms with Crippen LogP contribution < -0.4 is 5.32 Å². The molecule has 2 aromatic rings. The van der Waals surface area contributed by atoms with Gasteiger partial charge in [0.15, 0.2) is 0 Å². The zero-order valence-corrected chi connectivity index (χ0v) is 15.0. The van der Waals surface area contributed by atoms with Crippen LogP contribution in [0.15, 0.2) is 54.6 Å². The molecule has 3 rings (SSSR count). The maximum Gasteiger partial charge on any atom is 0.337 e. The highest BCUT2D eigenvalue weighted by Gasteiger charge is 2.24. The van der Waals surface area contributed by atoms with Gasteiger partial charge in [-0.1, -0.05) is 30.3 Å². The predicted molar refractivity (Wildman–Crippen MR) is 100 cm³/mol. The number of nitrogens with zero attached hydrogens (tertiary/aromatic N) is 1. The first-order valence-electron chi connectivity index (χ1n) is 8.94. The lowest BCUT2D eigenvalue weighted by Gasteiger charge is -2.28. The molecule has 1 aliphatic heterocycles. The quantitative estimate of drug-likeness (QED) is 0.812. The summed E-state index contributed by atoms with van der Waals surface area (Å²) >= 11 is 0. The number of methoxy groups -OCH3 is 1. The molecule has 1 aliphatic rings. The molecule has 1 amide bonds. The summed E-state index contributed by atoms with van der Waals surface area (Å²) in [5, 5.41) is 3.04. The van der Waals surface area contributed by atoms with Gasteiger partial charge in [0.25, 0.3) is 5.91 Å². The van der Waals surface area contributed by atoms with Crippen molar-refractivity contribution in [1.29, 1.82) is 0 Å². The number of hydrogen-bond donors (Lipinski definition) is 1. The van der Waals surface area contributed by atoms with Crippen molar-refractivity contribution < 1.29 is 14.3 Å². The monoisotopic (exact) mass is 352 g/mol. The second-order valence-corrected chi connectivity index (χ2v) is 6.45. The third-order valence-corrected chi connectivity index (χ3v) is 4.79. The molecule has 1 fully saturated rings. The third kappa shape index (κ3) is 4.29. The fourth-order valence-electron chi connectivity index (χ4n) is 3.35. The summed E-state index contributed by atoms with van der Waals surface area (Å²) in [7, 11) is 1.34. The topological polar surface area (TPSA) is 58.6 Å². The van der Waals surface area contributed by atoms with Crippen molar-refractivity contribution in [3.63, 3.8) is 0 Å². The third-order valence-electron chi connectivity index (χ3n) is 4.79. The second-order valence-electron chi connectivity index (χ2n) is 6.45. The minimum absolute atomic E-state index is 0.137. The Kier molecular flexibility index (Phi) is 6.02. The van der Waals surface area contributed by atoms with Crippen LogP contribution in [0.3, 0.4) is 0 Å². The Morgan fingerprint density at radius 3 is 2.23 bits per heavy atom. The molecule has 0 aliphatic carbocycles. The molecule has 1 atom stereocenters. The number of rotatable bonds is 6. The van der Waals surface area contributed by atoms with Gasteiger partial charge in [-0.3, -0.25) is 9.69 Å². The van der Waals surface area contributed by atoms with Crippen molar-refractivity contribution in [3.8, 4) is 0 Å². The van der Waals surface area contributed by atoms with Crippen molar-refractivity contribution in [1.82, 2.24) is 10.2 Å². The molecule has 0 aromatic heterocycles. The largest absolute Gasteiger partial charge is 0.465 e. The number of carbonyl (C=O) groups is 2. The number of hydrogen-bond acceptors (Lipinski definition) is 4. The van der Waals surface area contributed by atoms with Crippen LogP contribution in [0, 0.1) is 0 Å². The molecule has 2 aromatic carbocycles. The van der Waals surface area contributed by atoms with E-state index in [0.717, 1.165) is 13.1 Å². The Labute approximate surface area is 154 Å². The predicted octanol–water partition coefficient (Wildman–Crippen LogP) is 3.04. The highest BCUT2D eigenvalue weighted by Crippen LogP contribution is 2.24. The van der Waals surface area contributed by atoms with Gasteiger partial charge in [0.2, 0.25) is 0 Å². The van der Waals surface area contributed by atoms with Gasteiger partial charge in [0.05, 0.1) is 18.7 Å². The second kappa shape index (κ2) is 8.63. The van der Waals surface area contributed by atoms with Crippen molar-refractivity contribution >= 4 is 11.9 Å². The normalized spacial score (nSPS) is 15.4. The molecule has 0 radical (unpaired) electrons. The van der Waals surface area contributed by atoms with Crippen molar-refractivity contribution in [2.24, 2.45) is 0 Å². The molecule has 1 saturated heterocycles. The molecule has 0 spiro atoms. The molecule has 5 nitrogen and oxygen atoms in total. The average Bonchev–Trinajstić information content (AvgIpc) is 3.23. The SMILES string of the molecule is COC(=O)c1ccc(C(=O)NCC(c2ccccc2)N2CCCC2)cc1. The van der Waals surface area contributed by atoms with Crippen LogP contribution in [-0.4, -0.2) is 43.5 Å². The van der Waals surface area contributed by atoms with Gasteiger partial charge in [0, 0.05) is 12.1 Å². The van der Waals surface area contributed by atoms with Crippen LogP contribution in [0.2, 0.25) is 0 Å². The van der Waals surface area contributed by atoms with Crippen molar-refractivity contribution in [3.05, 3.63) is 71.3 Å². The fourth-order valence-corrected chi connectivity index (χ4v) is 3.35. The van der Waals surface area contributed by atoms with Crippen LogP contribution in [0.25, 0.3) is 0 Å². The maximum atomic E-state index is 12.5. The van der Waals surface area contributed by atoms with E-state index in [1.165, 1.54) is 25.5 Å². The summed E-state index contributed by atoms with van der Waals surface area (Å²) in [4.78, 5) is 26.4. The molecule has 1 unspecified atom stereocenters. The lowest BCUT2D eigenvalue weighted by molar-refractivity contribution is 0.0600. The molecule has 26 heavy (non-hydrogen) atoms. The smallest absolute Gasteiger partial charge is 0.337 e. The minimum atomic E-state index is -0.407. The van der Waals surface area contributed by atoms with Gasteiger partial charge < -0.3 is 10.1 Å². The summed E-state index contributed by atoms with van der Waals surface area (Å²) in [5.74, 6) is -0.545. The van der Waals surface area contributed by atoms with Gasteiger partial charge >= 0.3 is 5.97 Å². The van der Waals surface area contributed by atoms with Crippen molar-refractivity contribution in [2.45, 2.75) is 18.9 Å². The molecular formula is C21H24N2O3. The molecule has 1 heterocycles. The van der Waals surface area contributed by atoms with Crippen LogP contribution in [-0.2, 0) is 4.74 Å². The molecule has 0 saturated carbocycles. The highest BCUT2D eigenvalue weighted by atomic mass is 16.5. The number of nitrogens with one attached hydrogen (secondary N) is 1. The van der Waals surface area contributed by atoms with Crippen LogP contribution in [0.4, 0.5) is 0 Å². The molecule has 5 heteroatoms. The lowest BCUT2D eigenvalue weighted by Crippen LogP contribution is -2.36. The van der Waals surface area contributed by atoms with Crippen LogP contribution in [0.5, 0.6) is 0 Å². The number of esters is 1. The Balaban J connectivity index is 1.66. The molecule has 0 bridgehead atoms. The van der Waals surface area contributed by atoms with E-state index in [0.29, 0.717) is 17.7 Å². The van der Waals surface area contributed by atoms with Crippen molar-refractivity contribution in [2.75, 3.05) is 26.7 Å². The van der Waals surface area contributed by atoms with Gasteiger partial charge in [0.1, 0.15) is 0 Å². The summed E-state index contributed by atoms with van der Waals surface area (Å²) in [6, 6.07) is 17.0. The first-order valence-corrected chi connectivity index (χ1v) is 8.94. The average molecular weight is 352 g/mol. The van der Waals surface area contributed by atoms with Gasteiger partial charge in [-0.05, 0) is 55.8 Å². The molecule has 1 N–H and O–H groups in total. The van der Waals surface area contributed by atoms with Crippen LogP contribution in [0.1, 0.15) is 45.2 Å².